The molecule has 0 aromatic heterocycles. The topological polar surface area (TPSA) is 48.0 Å². The van der Waals surface area contributed by atoms with Crippen LogP contribution in [-0.2, 0) is 14.3 Å². The molecule has 29 heavy (non-hydrogen) atoms. The Bertz CT molecular complexity index is 754. The SMILES string of the molecule is COc1cc(Cl)c(Cl)cc1C(C(F)F)C1CCN(C(=O)C2COC(C)(C)O2)CC1. The molecular weight excluding hydrogens is 427 g/mol. The van der Waals surface area contributed by atoms with Crippen LogP contribution in [0.15, 0.2) is 12.1 Å². The van der Waals surface area contributed by atoms with Gasteiger partial charge in [0.1, 0.15) is 5.75 Å². The Morgan fingerprint density at radius 2 is 1.86 bits per heavy atom. The van der Waals surface area contributed by atoms with Gasteiger partial charge in [0.25, 0.3) is 5.91 Å². The Morgan fingerprint density at radius 3 is 2.38 bits per heavy atom. The quantitative estimate of drug-likeness (QED) is 0.648. The van der Waals surface area contributed by atoms with Crippen LogP contribution in [0.3, 0.4) is 0 Å². The highest BCUT2D eigenvalue weighted by Gasteiger charge is 2.41. The van der Waals surface area contributed by atoms with E-state index in [1.165, 1.54) is 19.2 Å². The van der Waals surface area contributed by atoms with Gasteiger partial charge in [-0.2, -0.15) is 0 Å². The van der Waals surface area contributed by atoms with Crippen molar-refractivity contribution in [3.05, 3.63) is 27.7 Å². The van der Waals surface area contributed by atoms with Gasteiger partial charge in [0.2, 0.25) is 6.43 Å². The Hall–Kier alpha value is -1.15. The fourth-order valence-corrected chi connectivity index (χ4v) is 4.39. The molecule has 1 amide bonds. The van der Waals surface area contributed by atoms with Gasteiger partial charge < -0.3 is 19.1 Å². The second-order valence-electron chi connectivity index (χ2n) is 7.85. The number of halogens is 4. The molecule has 2 aliphatic heterocycles. The number of piperidine rings is 1. The highest BCUT2D eigenvalue weighted by molar-refractivity contribution is 6.42. The first-order valence-electron chi connectivity index (χ1n) is 9.54. The van der Waals surface area contributed by atoms with Crippen LogP contribution in [0.1, 0.15) is 38.2 Å². The van der Waals surface area contributed by atoms with Crippen molar-refractivity contribution >= 4 is 29.1 Å². The first-order chi connectivity index (χ1) is 13.6. The smallest absolute Gasteiger partial charge is 0.254 e. The van der Waals surface area contributed by atoms with E-state index in [-0.39, 0.29) is 28.5 Å². The molecule has 9 heteroatoms. The predicted octanol–water partition coefficient (Wildman–Crippen LogP) is 4.74. The van der Waals surface area contributed by atoms with Gasteiger partial charge in [-0.3, -0.25) is 4.79 Å². The third-order valence-corrected chi connectivity index (χ3v) is 6.27. The lowest BCUT2D eigenvalue weighted by Gasteiger charge is -2.37. The van der Waals surface area contributed by atoms with E-state index < -0.39 is 24.2 Å². The van der Waals surface area contributed by atoms with E-state index in [1.54, 1.807) is 18.7 Å². The van der Waals surface area contributed by atoms with E-state index in [4.69, 9.17) is 37.4 Å². The highest BCUT2D eigenvalue weighted by atomic mass is 35.5. The Balaban J connectivity index is 1.71. The van der Waals surface area contributed by atoms with Gasteiger partial charge in [-0.1, -0.05) is 23.2 Å². The standard InChI is InChI=1S/C20H25Cl2F2NO4/c1-20(2)28-10-16(29-20)19(26)25-6-4-11(5-7-25)17(18(23)24)12-8-13(21)14(22)9-15(12)27-3/h8-9,11,16-18H,4-7,10H2,1-3H3. The molecule has 2 unspecified atom stereocenters. The van der Waals surface area contributed by atoms with Gasteiger partial charge in [0.15, 0.2) is 11.9 Å². The molecule has 0 spiro atoms. The lowest BCUT2D eigenvalue weighted by molar-refractivity contribution is -0.161. The maximum absolute atomic E-state index is 14.1. The zero-order valence-electron chi connectivity index (χ0n) is 16.6. The second-order valence-corrected chi connectivity index (χ2v) is 8.66. The second kappa shape index (κ2) is 8.92. The average molecular weight is 452 g/mol. The molecule has 0 saturated carbocycles. The van der Waals surface area contributed by atoms with Crippen molar-refractivity contribution in [3.8, 4) is 5.75 Å². The summed E-state index contributed by atoms with van der Waals surface area (Å²) in [6, 6.07) is 2.93. The van der Waals surface area contributed by atoms with Crippen LogP contribution in [0, 0.1) is 5.92 Å². The van der Waals surface area contributed by atoms with Crippen molar-refractivity contribution in [2.45, 2.75) is 50.9 Å². The molecule has 162 valence electrons. The molecule has 1 aromatic carbocycles. The van der Waals surface area contributed by atoms with Gasteiger partial charge in [-0.25, -0.2) is 8.78 Å². The van der Waals surface area contributed by atoms with E-state index in [2.05, 4.69) is 0 Å². The molecule has 2 aliphatic rings. The predicted molar refractivity (Wildman–Crippen MR) is 106 cm³/mol. The molecule has 2 saturated heterocycles. The number of benzene rings is 1. The van der Waals surface area contributed by atoms with E-state index in [1.807, 2.05) is 0 Å². The zero-order chi connectivity index (χ0) is 21.3. The van der Waals surface area contributed by atoms with Gasteiger partial charge in [0.05, 0.1) is 29.7 Å². The fourth-order valence-electron chi connectivity index (χ4n) is 4.07. The maximum atomic E-state index is 14.1. The van der Waals surface area contributed by atoms with Crippen LogP contribution < -0.4 is 4.74 Å². The third kappa shape index (κ3) is 4.95. The van der Waals surface area contributed by atoms with Crippen LogP contribution in [0.5, 0.6) is 5.75 Å². The van der Waals surface area contributed by atoms with Gasteiger partial charge in [-0.05, 0) is 38.7 Å². The number of carbonyl (C=O) groups is 1. The molecule has 1 aromatic rings. The van der Waals surface area contributed by atoms with Crippen LogP contribution >= 0.6 is 23.2 Å². The summed E-state index contributed by atoms with van der Waals surface area (Å²) in [4.78, 5) is 14.3. The summed E-state index contributed by atoms with van der Waals surface area (Å²) >= 11 is 12.1. The van der Waals surface area contributed by atoms with Crippen molar-refractivity contribution in [1.82, 2.24) is 4.90 Å². The van der Waals surface area contributed by atoms with Gasteiger partial charge in [0, 0.05) is 24.7 Å². The number of ether oxygens (including phenoxy) is 3. The van der Waals surface area contributed by atoms with Crippen molar-refractivity contribution < 1.29 is 27.8 Å². The van der Waals surface area contributed by atoms with E-state index in [0.717, 1.165) is 0 Å². The van der Waals surface area contributed by atoms with Crippen LogP contribution in [0.2, 0.25) is 10.0 Å². The molecule has 0 bridgehead atoms. The van der Waals surface area contributed by atoms with Gasteiger partial charge in [-0.15, -0.1) is 0 Å². The molecular formula is C20H25Cl2F2NO4. The van der Waals surface area contributed by atoms with Crippen molar-refractivity contribution in [2.24, 2.45) is 5.92 Å². The minimum atomic E-state index is -2.60. The van der Waals surface area contributed by atoms with Crippen molar-refractivity contribution in [1.29, 1.82) is 0 Å². The number of methoxy groups -OCH3 is 1. The summed E-state index contributed by atoms with van der Waals surface area (Å²) in [5.41, 5.74) is 0.343. The summed E-state index contributed by atoms with van der Waals surface area (Å²) in [5, 5.41) is 0.462. The first-order valence-corrected chi connectivity index (χ1v) is 10.3. The van der Waals surface area contributed by atoms with Gasteiger partial charge >= 0.3 is 0 Å². The Morgan fingerprint density at radius 1 is 1.24 bits per heavy atom. The fraction of sp³-hybridized carbons (Fsp3) is 0.650. The summed E-state index contributed by atoms with van der Waals surface area (Å²) in [6.45, 7) is 4.48. The van der Waals surface area contributed by atoms with Crippen LogP contribution in [0.4, 0.5) is 8.78 Å². The van der Waals surface area contributed by atoms with Crippen LogP contribution in [0.25, 0.3) is 0 Å². The molecule has 0 N–H and O–H groups in total. The Kier molecular flexibility index (Phi) is 6.93. The minimum Gasteiger partial charge on any atom is -0.496 e. The maximum Gasteiger partial charge on any atom is 0.254 e. The molecule has 2 fully saturated rings. The summed E-state index contributed by atoms with van der Waals surface area (Å²) in [6.07, 6.45) is -2.36. The van der Waals surface area contributed by atoms with Crippen LogP contribution in [-0.4, -0.2) is 55.9 Å². The minimum absolute atomic E-state index is 0.158. The monoisotopic (exact) mass is 451 g/mol. The first kappa shape index (κ1) is 22.5. The molecule has 2 atom stereocenters. The number of amides is 1. The third-order valence-electron chi connectivity index (χ3n) is 5.55. The summed E-state index contributed by atoms with van der Waals surface area (Å²) < 4.78 is 44.5. The number of rotatable bonds is 5. The number of alkyl halides is 2. The number of hydrogen-bond donors (Lipinski definition) is 0. The molecule has 5 nitrogen and oxygen atoms in total. The number of likely N-dealkylation sites (tertiary alicyclic amines) is 1. The molecule has 2 heterocycles. The van der Waals surface area contributed by atoms with E-state index in [0.29, 0.717) is 37.2 Å². The average Bonchev–Trinajstić information content (AvgIpc) is 3.04. The van der Waals surface area contributed by atoms with Crippen molar-refractivity contribution in [2.75, 3.05) is 26.8 Å². The van der Waals surface area contributed by atoms with E-state index in [9.17, 15) is 13.6 Å². The molecule has 0 radical (unpaired) electrons. The number of carbonyl (C=O) groups excluding carboxylic acids is 1. The van der Waals surface area contributed by atoms with E-state index >= 15 is 0 Å². The largest absolute Gasteiger partial charge is 0.496 e. The Labute approximate surface area is 179 Å². The lowest BCUT2D eigenvalue weighted by Crippen LogP contribution is -2.46. The highest BCUT2D eigenvalue weighted by Crippen LogP contribution is 2.43. The molecule has 3 rings (SSSR count). The zero-order valence-corrected chi connectivity index (χ0v) is 18.1. The normalized spacial score (nSPS) is 23.4. The molecule has 0 aliphatic carbocycles. The number of hydrogen-bond acceptors (Lipinski definition) is 4. The summed E-state index contributed by atoms with van der Waals surface area (Å²) in [5.74, 6) is -2.02. The lowest BCUT2D eigenvalue weighted by atomic mass is 9.79. The summed E-state index contributed by atoms with van der Waals surface area (Å²) in [7, 11) is 1.41. The van der Waals surface area contributed by atoms with Crippen molar-refractivity contribution in [3.63, 3.8) is 0 Å². The number of nitrogens with zero attached hydrogens (tertiary/aromatic N) is 1.